The summed E-state index contributed by atoms with van der Waals surface area (Å²) in [7, 11) is -4.11. The summed E-state index contributed by atoms with van der Waals surface area (Å²) < 4.78 is 65.0. The van der Waals surface area contributed by atoms with Crippen LogP contribution in [0, 0.1) is 0 Å². The Balaban J connectivity index is 2.19. The maximum Gasteiger partial charge on any atom is 0.417 e. The van der Waals surface area contributed by atoms with Gasteiger partial charge in [-0.25, -0.2) is 8.42 Å². The van der Waals surface area contributed by atoms with Crippen molar-refractivity contribution in [3.05, 3.63) is 28.8 Å². The van der Waals surface area contributed by atoms with Crippen molar-refractivity contribution in [1.29, 1.82) is 0 Å². The van der Waals surface area contributed by atoms with Gasteiger partial charge in [0.2, 0.25) is 15.9 Å². The van der Waals surface area contributed by atoms with Crippen molar-refractivity contribution in [2.45, 2.75) is 17.5 Å². The average molecular weight is 400 g/mol. The predicted octanol–water partition coefficient (Wildman–Crippen LogP) is 1.54. The lowest BCUT2D eigenvalue weighted by atomic mass is 10.2. The van der Waals surface area contributed by atoms with Gasteiger partial charge in [0.1, 0.15) is 0 Å². The summed E-state index contributed by atoms with van der Waals surface area (Å²) in [5.74, 6) is -0.176. The summed E-state index contributed by atoms with van der Waals surface area (Å²) in [6.45, 7) is 0.531. The Morgan fingerprint density at radius 2 is 1.80 bits per heavy atom. The maximum absolute atomic E-state index is 12.9. The molecule has 0 unspecified atom stereocenters. The van der Waals surface area contributed by atoms with Crippen molar-refractivity contribution in [2.24, 2.45) is 5.73 Å². The van der Waals surface area contributed by atoms with Crippen molar-refractivity contribution in [2.75, 3.05) is 32.7 Å². The van der Waals surface area contributed by atoms with Gasteiger partial charge in [-0.15, -0.1) is 0 Å². The van der Waals surface area contributed by atoms with Crippen LogP contribution in [-0.4, -0.2) is 56.3 Å². The molecule has 0 radical (unpaired) electrons. The summed E-state index contributed by atoms with van der Waals surface area (Å²) >= 11 is 5.52. The van der Waals surface area contributed by atoms with Crippen LogP contribution in [0.3, 0.4) is 0 Å². The molecule has 1 fully saturated rings. The van der Waals surface area contributed by atoms with Crippen LogP contribution in [0.15, 0.2) is 23.1 Å². The van der Waals surface area contributed by atoms with Crippen molar-refractivity contribution < 1.29 is 26.4 Å². The molecule has 1 saturated heterocycles. The molecular weight excluding hydrogens is 383 g/mol. The van der Waals surface area contributed by atoms with Gasteiger partial charge in [-0.3, -0.25) is 4.79 Å². The van der Waals surface area contributed by atoms with Gasteiger partial charge in [-0.2, -0.15) is 17.5 Å². The minimum atomic E-state index is -4.75. The minimum Gasteiger partial charge on any atom is -0.340 e. The summed E-state index contributed by atoms with van der Waals surface area (Å²) in [4.78, 5) is 12.8. The fourth-order valence-corrected chi connectivity index (χ4v) is 4.16. The zero-order chi connectivity index (χ0) is 18.8. The number of benzene rings is 1. The van der Waals surface area contributed by atoms with Crippen molar-refractivity contribution in [3.63, 3.8) is 0 Å². The first-order valence-electron chi connectivity index (χ1n) is 7.42. The zero-order valence-electron chi connectivity index (χ0n) is 13.1. The number of hydrogen-bond donors (Lipinski definition) is 1. The molecule has 0 bridgehead atoms. The van der Waals surface area contributed by atoms with E-state index >= 15 is 0 Å². The van der Waals surface area contributed by atoms with Gasteiger partial charge < -0.3 is 10.6 Å². The van der Waals surface area contributed by atoms with E-state index in [0.29, 0.717) is 6.07 Å². The molecule has 2 rings (SSSR count). The lowest BCUT2D eigenvalue weighted by Crippen LogP contribution is -2.50. The standard InChI is InChI=1S/C14H17ClF3N3O3S/c15-12-2-1-10(9-11(12)14(16,17)18)25(23,24)21-7-5-20(6-8-21)13(22)3-4-19/h1-2,9H,3-8,19H2. The molecule has 1 amide bonds. The number of piperazine rings is 1. The van der Waals surface area contributed by atoms with E-state index in [-0.39, 0.29) is 45.1 Å². The number of rotatable bonds is 4. The van der Waals surface area contributed by atoms with Gasteiger partial charge in [0.15, 0.2) is 0 Å². The molecule has 11 heteroatoms. The molecule has 1 aliphatic rings. The first kappa shape index (κ1) is 20.0. The highest BCUT2D eigenvalue weighted by Crippen LogP contribution is 2.36. The number of nitrogens with zero attached hydrogens (tertiary/aromatic N) is 2. The molecule has 25 heavy (non-hydrogen) atoms. The number of carbonyl (C=O) groups excluding carboxylic acids is 1. The van der Waals surface area contributed by atoms with Crippen LogP contribution in [0.25, 0.3) is 0 Å². The Morgan fingerprint density at radius 1 is 1.20 bits per heavy atom. The van der Waals surface area contributed by atoms with Crippen LogP contribution in [-0.2, 0) is 21.0 Å². The van der Waals surface area contributed by atoms with E-state index < -0.39 is 31.7 Å². The second-order valence-corrected chi connectivity index (χ2v) is 7.81. The maximum atomic E-state index is 12.9. The molecule has 1 aromatic carbocycles. The summed E-state index contributed by atoms with van der Waals surface area (Å²) in [5.41, 5.74) is 4.11. The molecule has 2 N–H and O–H groups in total. The molecular formula is C14H17ClF3N3O3S. The van der Waals surface area contributed by atoms with Crippen molar-refractivity contribution in [1.82, 2.24) is 9.21 Å². The molecule has 0 atom stereocenters. The number of amides is 1. The Hall–Kier alpha value is -1.36. The number of alkyl halides is 3. The lowest BCUT2D eigenvalue weighted by molar-refractivity contribution is -0.137. The average Bonchev–Trinajstić information content (AvgIpc) is 2.54. The Bertz CT molecular complexity index is 747. The summed E-state index contributed by atoms with van der Waals surface area (Å²) in [6, 6.07) is 2.49. The molecule has 1 aliphatic heterocycles. The number of carbonyl (C=O) groups is 1. The first-order valence-corrected chi connectivity index (χ1v) is 9.24. The summed E-state index contributed by atoms with van der Waals surface area (Å²) in [6.07, 6.45) is -4.59. The highest BCUT2D eigenvalue weighted by atomic mass is 35.5. The smallest absolute Gasteiger partial charge is 0.340 e. The summed E-state index contributed by atoms with van der Waals surface area (Å²) in [5, 5.41) is -0.566. The van der Waals surface area contributed by atoms with Crippen LogP contribution in [0.1, 0.15) is 12.0 Å². The third-order valence-corrected chi connectivity index (χ3v) is 6.05. The van der Waals surface area contributed by atoms with E-state index in [2.05, 4.69) is 0 Å². The topological polar surface area (TPSA) is 83.7 Å². The van der Waals surface area contributed by atoms with Crippen LogP contribution in [0.5, 0.6) is 0 Å². The number of sulfonamides is 1. The Labute approximate surface area is 148 Å². The van der Waals surface area contributed by atoms with Gasteiger partial charge in [-0.05, 0) is 18.2 Å². The van der Waals surface area contributed by atoms with E-state index in [1.165, 1.54) is 4.90 Å². The predicted molar refractivity (Wildman–Crippen MR) is 85.5 cm³/mol. The van der Waals surface area contributed by atoms with Crippen LogP contribution in [0.2, 0.25) is 5.02 Å². The molecule has 1 heterocycles. The quantitative estimate of drug-likeness (QED) is 0.832. The number of halogens is 4. The second kappa shape index (κ2) is 7.48. The largest absolute Gasteiger partial charge is 0.417 e. The lowest BCUT2D eigenvalue weighted by Gasteiger charge is -2.34. The van der Waals surface area contributed by atoms with Crippen LogP contribution in [0.4, 0.5) is 13.2 Å². The molecule has 140 valence electrons. The fraction of sp³-hybridized carbons (Fsp3) is 0.500. The van der Waals surface area contributed by atoms with Crippen LogP contribution < -0.4 is 5.73 Å². The molecule has 0 aliphatic carbocycles. The van der Waals surface area contributed by atoms with E-state index in [0.717, 1.165) is 16.4 Å². The normalized spacial score (nSPS) is 16.9. The van der Waals surface area contributed by atoms with E-state index in [4.69, 9.17) is 17.3 Å². The molecule has 1 aromatic rings. The highest BCUT2D eigenvalue weighted by molar-refractivity contribution is 7.89. The monoisotopic (exact) mass is 399 g/mol. The third-order valence-electron chi connectivity index (χ3n) is 3.83. The Morgan fingerprint density at radius 3 is 2.32 bits per heavy atom. The zero-order valence-corrected chi connectivity index (χ0v) is 14.7. The van der Waals surface area contributed by atoms with Crippen molar-refractivity contribution in [3.8, 4) is 0 Å². The first-order chi connectivity index (χ1) is 11.6. The van der Waals surface area contributed by atoms with E-state index in [9.17, 15) is 26.4 Å². The Kier molecular flexibility index (Phi) is 5.97. The molecule has 0 saturated carbocycles. The van der Waals surface area contributed by atoms with Gasteiger partial charge in [0.05, 0.1) is 15.5 Å². The number of nitrogens with two attached hydrogens (primary N) is 1. The van der Waals surface area contributed by atoms with Crippen molar-refractivity contribution >= 4 is 27.5 Å². The van der Waals surface area contributed by atoms with E-state index in [1.54, 1.807) is 0 Å². The molecule has 0 spiro atoms. The minimum absolute atomic E-state index is 0.00260. The molecule has 6 nitrogen and oxygen atoms in total. The highest BCUT2D eigenvalue weighted by Gasteiger charge is 2.36. The third kappa shape index (κ3) is 4.43. The van der Waals surface area contributed by atoms with Crippen LogP contribution >= 0.6 is 11.6 Å². The number of hydrogen-bond acceptors (Lipinski definition) is 4. The van der Waals surface area contributed by atoms with Gasteiger partial charge in [-0.1, -0.05) is 11.6 Å². The SMILES string of the molecule is NCCC(=O)N1CCN(S(=O)(=O)c2ccc(Cl)c(C(F)(F)F)c2)CC1. The van der Waals surface area contributed by atoms with Gasteiger partial charge in [0.25, 0.3) is 0 Å². The van der Waals surface area contributed by atoms with Gasteiger partial charge in [0, 0.05) is 39.1 Å². The second-order valence-electron chi connectivity index (χ2n) is 5.46. The fourth-order valence-electron chi connectivity index (χ4n) is 2.49. The molecule has 0 aromatic heterocycles. The van der Waals surface area contributed by atoms with Gasteiger partial charge >= 0.3 is 6.18 Å². The van der Waals surface area contributed by atoms with E-state index in [1.807, 2.05) is 0 Å².